The quantitative estimate of drug-likeness (QED) is 0.737. The van der Waals surface area contributed by atoms with Gasteiger partial charge in [0.2, 0.25) is 5.13 Å². The average molecular weight is 332 g/mol. The van der Waals surface area contributed by atoms with Gasteiger partial charge >= 0.3 is 0 Å². The van der Waals surface area contributed by atoms with E-state index in [2.05, 4.69) is 15.5 Å². The SMILES string of the molecule is COc1ccc(C)cc1Nc1nnc(-c2ccc(Cl)cc2)s1. The molecule has 0 aliphatic rings. The van der Waals surface area contributed by atoms with Gasteiger partial charge in [-0.3, -0.25) is 0 Å². The van der Waals surface area contributed by atoms with Crippen molar-refractivity contribution < 1.29 is 4.74 Å². The smallest absolute Gasteiger partial charge is 0.210 e. The van der Waals surface area contributed by atoms with Crippen molar-refractivity contribution in [1.82, 2.24) is 10.2 Å². The molecule has 0 radical (unpaired) electrons. The fraction of sp³-hybridized carbons (Fsp3) is 0.125. The minimum Gasteiger partial charge on any atom is -0.495 e. The minimum atomic E-state index is 0.705. The highest BCUT2D eigenvalue weighted by Gasteiger charge is 2.09. The van der Waals surface area contributed by atoms with Crippen LogP contribution in [0.4, 0.5) is 10.8 Å². The molecule has 22 heavy (non-hydrogen) atoms. The van der Waals surface area contributed by atoms with Crippen molar-refractivity contribution in [2.45, 2.75) is 6.92 Å². The molecule has 4 nitrogen and oxygen atoms in total. The first kappa shape index (κ1) is 14.8. The standard InChI is InChI=1S/C16H14ClN3OS/c1-10-3-8-14(21-2)13(9-10)18-16-20-19-15(22-16)11-4-6-12(17)7-5-11/h3-9H,1-2H3,(H,18,20). The number of nitrogens with one attached hydrogen (secondary N) is 1. The fourth-order valence-electron chi connectivity index (χ4n) is 2.02. The van der Waals surface area contributed by atoms with Crippen molar-refractivity contribution in [2.24, 2.45) is 0 Å². The number of methoxy groups -OCH3 is 1. The largest absolute Gasteiger partial charge is 0.495 e. The summed E-state index contributed by atoms with van der Waals surface area (Å²) in [6.07, 6.45) is 0. The molecular weight excluding hydrogens is 318 g/mol. The third kappa shape index (κ3) is 3.21. The summed E-state index contributed by atoms with van der Waals surface area (Å²) in [6, 6.07) is 13.5. The van der Waals surface area contributed by atoms with Crippen LogP contribution in [0.2, 0.25) is 5.02 Å². The van der Waals surface area contributed by atoms with Crippen LogP contribution in [0.25, 0.3) is 10.6 Å². The summed E-state index contributed by atoms with van der Waals surface area (Å²) >= 11 is 7.38. The zero-order valence-electron chi connectivity index (χ0n) is 12.1. The van der Waals surface area contributed by atoms with Gasteiger partial charge in [0.05, 0.1) is 12.8 Å². The van der Waals surface area contributed by atoms with E-state index in [0.29, 0.717) is 10.2 Å². The number of aromatic nitrogens is 2. The number of ether oxygens (including phenoxy) is 1. The minimum absolute atomic E-state index is 0.705. The third-order valence-corrected chi connectivity index (χ3v) is 4.25. The molecule has 0 unspecified atom stereocenters. The summed E-state index contributed by atoms with van der Waals surface area (Å²) in [4.78, 5) is 0. The highest BCUT2D eigenvalue weighted by molar-refractivity contribution is 7.18. The molecule has 3 aromatic rings. The Bertz CT molecular complexity index is 786. The van der Waals surface area contributed by atoms with Gasteiger partial charge in [0, 0.05) is 10.6 Å². The van der Waals surface area contributed by atoms with Gasteiger partial charge in [-0.1, -0.05) is 41.1 Å². The number of aryl methyl sites for hydroxylation is 1. The highest BCUT2D eigenvalue weighted by atomic mass is 35.5. The molecule has 0 spiro atoms. The summed E-state index contributed by atoms with van der Waals surface area (Å²) in [5.41, 5.74) is 3.01. The Labute approximate surface area is 137 Å². The summed E-state index contributed by atoms with van der Waals surface area (Å²) < 4.78 is 5.36. The van der Waals surface area contributed by atoms with Crippen LogP contribution in [0.1, 0.15) is 5.56 Å². The van der Waals surface area contributed by atoms with Crippen LogP contribution >= 0.6 is 22.9 Å². The Morgan fingerprint density at radius 2 is 1.86 bits per heavy atom. The van der Waals surface area contributed by atoms with Crippen LogP contribution in [-0.2, 0) is 0 Å². The lowest BCUT2D eigenvalue weighted by Crippen LogP contribution is -1.94. The molecule has 1 aromatic heterocycles. The van der Waals surface area contributed by atoms with Crippen LogP contribution in [0.3, 0.4) is 0 Å². The summed E-state index contributed by atoms with van der Waals surface area (Å²) in [5, 5.41) is 13.9. The first-order valence-corrected chi connectivity index (χ1v) is 7.86. The molecule has 0 atom stereocenters. The monoisotopic (exact) mass is 331 g/mol. The third-order valence-electron chi connectivity index (χ3n) is 3.11. The number of halogens is 1. The molecule has 0 aliphatic carbocycles. The molecule has 0 saturated carbocycles. The van der Waals surface area contributed by atoms with E-state index < -0.39 is 0 Å². The molecule has 0 fully saturated rings. The summed E-state index contributed by atoms with van der Waals surface area (Å²) in [5.74, 6) is 0.772. The lowest BCUT2D eigenvalue weighted by atomic mass is 10.2. The molecule has 0 saturated heterocycles. The van der Waals surface area contributed by atoms with E-state index in [1.807, 2.05) is 49.4 Å². The van der Waals surface area contributed by atoms with Crippen LogP contribution < -0.4 is 10.1 Å². The predicted molar refractivity (Wildman–Crippen MR) is 91.4 cm³/mol. The normalized spacial score (nSPS) is 10.5. The maximum atomic E-state index is 5.90. The van der Waals surface area contributed by atoms with Crippen molar-refractivity contribution in [3.8, 4) is 16.3 Å². The van der Waals surface area contributed by atoms with Gasteiger partial charge in [-0.05, 0) is 36.8 Å². The molecule has 1 N–H and O–H groups in total. The first-order valence-electron chi connectivity index (χ1n) is 6.67. The predicted octanol–water partition coefficient (Wildman–Crippen LogP) is 4.92. The summed E-state index contributed by atoms with van der Waals surface area (Å²) in [6.45, 7) is 2.03. The maximum absolute atomic E-state index is 5.90. The van der Waals surface area contributed by atoms with E-state index >= 15 is 0 Å². The molecule has 0 amide bonds. The van der Waals surface area contributed by atoms with Gasteiger partial charge < -0.3 is 10.1 Å². The van der Waals surface area contributed by atoms with E-state index in [1.165, 1.54) is 11.3 Å². The Hall–Kier alpha value is -2.11. The van der Waals surface area contributed by atoms with Gasteiger partial charge in [0.1, 0.15) is 10.8 Å². The molecule has 0 bridgehead atoms. The van der Waals surface area contributed by atoms with Gasteiger partial charge in [-0.2, -0.15) is 0 Å². The molecule has 3 rings (SSSR count). The second-order valence-electron chi connectivity index (χ2n) is 4.75. The Balaban J connectivity index is 1.85. The average Bonchev–Trinajstić information content (AvgIpc) is 2.97. The Morgan fingerprint density at radius 1 is 1.09 bits per heavy atom. The zero-order valence-corrected chi connectivity index (χ0v) is 13.7. The lowest BCUT2D eigenvalue weighted by molar-refractivity contribution is 0.416. The Kier molecular flexibility index (Phi) is 4.27. The van der Waals surface area contributed by atoms with Gasteiger partial charge in [0.25, 0.3) is 0 Å². The number of benzene rings is 2. The van der Waals surface area contributed by atoms with E-state index in [-0.39, 0.29) is 0 Å². The van der Waals surface area contributed by atoms with E-state index in [1.54, 1.807) is 7.11 Å². The Morgan fingerprint density at radius 3 is 2.59 bits per heavy atom. The number of hydrogen-bond acceptors (Lipinski definition) is 5. The second kappa shape index (κ2) is 6.34. The number of hydrogen-bond donors (Lipinski definition) is 1. The number of nitrogens with zero attached hydrogens (tertiary/aromatic N) is 2. The van der Waals surface area contributed by atoms with E-state index in [0.717, 1.165) is 27.6 Å². The second-order valence-corrected chi connectivity index (χ2v) is 6.16. The lowest BCUT2D eigenvalue weighted by Gasteiger charge is -2.09. The van der Waals surface area contributed by atoms with Crippen molar-refractivity contribution in [2.75, 3.05) is 12.4 Å². The van der Waals surface area contributed by atoms with Gasteiger partial charge in [-0.15, -0.1) is 10.2 Å². The van der Waals surface area contributed by atoms with E-state index in [4.69, 9.17) is 16.3 Å². The first-order chi connectivity index (χ1) is 10.7. The van der Waals surface area contributed by atoms with Crippen LogP contribution in [0.15, 0.2) is 42.5 Å². The molecular formula is C16H14ClN3OS. The number of anilines is 2. The van der Waals surface area contributed by atoms with Crippen LogP contribution in [0, 0.1) is 6.92 Å². The van der Waals surface area contributed by atoms with Crippen LogP contribution in [-0.4, -0.2) is 17.3 Å². The van der Waals surface area contributed by atoms with Gasteiger partial charge in [0.15, 0.2) is 0 Å². The molecule has 6 heteroatoms. The molecule has 1 heterocycles. The van der Waals surface area contributed by atoms with Crippen LogP contribution in [0.5, 0.6) is 5.75 Å². The van der Waals surface area contributed by atoms with Crippen molar-refractivity contribution in [3.63, 3.8) is 0 Å². The van der Waals surface area contributed by atoms with Crippen molar-refractivity contribution >= 4 is 33.8 Å². The highest BCUT2D eigenvalue weighted by Crippen LogP contribution is 2.32. The van der Waals surface area contributed by atoms with E-state index in [9.17, 15) is 0 Å². The maximum Gasteiger partial charge on any atom is 0.210 e. The topological polar surface area (TPSA) is 47.0 Å². The zero-order chi connectivity index (χ0) is 15.5. The molecule has 112 valence electrons. The van der Waals surface area contributed by atoms with Crippen molar-refractivity contribution in [1.29, 1.82) is 0 Å². The summed E-state index contributed by atoms with van der Waals surface area (Å²) in [7, 11) is 1.65. The number of rotatable bonds is 4. The molecule has 2 aromatic carbocycles. The van der Waals surface area contributed by atoms with Crippen molar-refractivity contribution in [3.05, 3.63) is 53.1 Å². The van der Waals surface area contributed by atoms with Gasteiger partial charge in [-0.25, -0.2) is 0 Å². The fourth-order valence-corrected chi connectivity index (χ4v) is 2.90. The molecule has 0 aliphatic heterocycles.